The van der Waals surface area contributed by atoms with E-state index in [1.54, 1.807) is 0 Å². The summed E-state index contributed by atoms with van der Waals surface area (Å²) in [5.74, 6) is -0.985. The van der Waals surface area contributed by atoms with Crippen LogP contribution in [0, 0.1) is 0 Å². The molecule has 0 spiro atoms. The maximum Gasteiger partial charge on any atom is 0.422 e. The summed E-state index contributed by atoms with van der Waals surface area (Å²) >= 11 is 0. The van der Waals surface area contributed by atoms with Crippen molar-refractivity contribution in [3.63, 3.8) is 0 Å². The SMILES string of the molecule is CCS(=O)(=O)c1cc(C(F)(F)F)ccc1-c1cc(OCC(F)(F)F)ncn1. The number of aromatic nitrogens is 2. The number of hydrogen-bond acceptors (Lipinski definition) is 5. The third-order valence-corrected chi connectivity index (χ3v) is 5.09. The van der Waals surface area contributed by atoms with Gasteiger partial charge in [-0.3, -0.25) is 0 Å². The van der Waals surface area contributed by atoms with Crippen LogP contribution in [0.2, 0.25) is 0 Å². The highest BCUT2D eigenvalue weighted by molar-refractivity contribution is 7.91. The predicted octanol–water partition coefficient (Wildman–Crippen LogP) is 3.90. The summed E-state index contributed by atoms with van der Waals surface area (Å²) < 4.78 is 104. The molecule has 148 valence electrons. The molecule has 0 amide bonds. The first-order valence-corrected chi connectivity index (χ1v) is 8.94. The van der Waals surface area contributed by atoms with Crippen LogP contribution in [0.25, 0.3) is 11.3 Å². The predicted molar refractivity (Wildman–Crippen MR) is 81.7 cm³/mol. The summed E-state index contributed by atoms with van der Waals surface area (Å²) in [5.41, 5.74) is -1.58. The molecule has 0 fully saturated rings. The fraction of sp³-hybridized carbons (Fsp3) is 0.333. The summed E-state index contributed by atoms with van der Waals surface area (Å²) in [7, 11) is -4.09. The van der Waals surface area contributed by atoms with Crippen molar-refractivity contribution in [1.82, 2.24) is 9.97 Å². The van der Waals surface area contributed by atoms with Crippen LogP contribution < -0.4 is 4.74 Å². The third-order valence-electron chi connectivity index (χ3n) is 3.33. The molecular formula is C15H12F6N2O3S. The van der Waals surface area contributed by atoms with Crippen LogP contribution in [-0.4, -0.2) is 36.9 Å². The van der Waals surface area contributed by atoms with Gasteiger partial charge in [-0.2, -0.15) is 26.3 Å². The van der Waals surface area contributed by atoms with Gasteiger partial charge in [-0.1, -0.05) is 13.0 Å². The zero-order chi connectivity index (χ0) is 20.5. The number of alkyl halides is 6. The fourth-order valence-electron chi connectivity index (χ4n) is 2.04. The van der Waals surface area contributed by atoms with Gasteiger partial charge >= 0.3 is 12.4 Å². The lowest BCUT2D eigenvalue weighted by Gasteiger charge is -2.14. The Bertz CT molecular complexity index is 926. The van der Waals surface area contributed by atoms with Gasteiger partial charge in [0, 0.05) is 11.6 Å². The standard InChI is InChI=1S/C15H12F6N2O3S/c1-2-27(24,25)12-5-9(15(19,20)21)3-4-10(12)11-6-13(23-8-22-11)26-7-14(16,17)18/h3-6,8H,2,7H2,1H3. The van der Waals surface area contributed by atoms with Crippen molar-refractivity contribution in [2.24, 2.45) is 0 Å². The zero-order valence-corrected chi connectivity index (χ0v) is 14.4. The Hall–Kier alpha value is -2.37. The molecule has 1 heterocycles. The van der Waals surface area contributed by atoms with E-state index in [0.29, 0.717) is 12.1 Å². The van der Waals surface area contributed by atoms with Gasteiger partial charge in [0.05, 0.1) is 21.9 Å². The molecule has 0 unspecified atom stereocenters. The topological polar surface area (TPSA) is 69.2 Å². The van der Waals surface area contributed by atoms with Crippen molar-refractivity contribution < 1.29 is 39.5 Å². The number of benzene rings is 1. The van der Waals surface area contributed by atoms with Crippen molar-refractivity contribution >= 4 is 9.84 Å². The second-order valence-electron chi connectivity index (χ2n) is 5.26. The Morgan fingerprint density at radius 2 is 1.70 bits per heavy atom. The summed E-state index contributed by atoms with van der Waals surface area (Å²) in [5, 5.41) is 0. The minimum Gasteiger partial charge on any atom is -0.468 e. The monoisotopic (exact) mass is 414 g/mol. The number of halogens is 6. The van der Waals surface area contributed by atoms with E-state index in [9.17, 15) is 34.8 Å². The Morgan fingerprint density at radius 1 is 1.04 bits per heavy atom. The molecule has 0 aliphatic carbocycles. The second kappa shape index (κ2) is 7.33. The van der Waals surface area contributed by atoms with Crippen LogP contribution in [0.5, 0.6) is 5.88 Å². The number of sulfone groups is 1. The molecule has 2 rings (SSSR count). The maximum atomic E-state index is 12.9. The molecule has 0 aliphatic rings. The quantitative estimate of drug-likeness (QED) is 0.695. The highest BCUT2D eigenvalue weighted by Gasteiger charge is 2.33. The lowest BCUT2D eigenvalue weighted by molar-refractivity contribution is -0.154. The number of nitrogens with zero attached hydrogens (tertiary/aromatic N) is 2. The maximum absolute atomic E-state index is 12.9. The summed E-state index contributed by atoms with van der Waals surface area (Å²) in [6.07, 6.45) is -8.58. The molecular weight excluding hydrogens is 402 g/mol. The smallest absolute Gasteiger partial charge is 0.422 e. The van der Waals surface area contributed by atoms with Crippen LogP contribution in [0.4, 0.5) is 26.3 Å². The van der Waals surface area contributed by atoms with Gasteiger partial charge in [-0.05, 0) is 12.1 Å². The normalized spacial score (nSPS) is 12.9. The van der Waals surface area contributed by atoms with Crippen molar-refractivity contribution in [2.75, 3.05) is 12.4 Å². The first-order chi connectivity index (χ1) is 12.3. The molecule has 0 aliphatic heterocycles. The number of ether oxygens (including phenoxy) is 1. The molecule has 0 saturated heterocycles. The van der Waals surface area contributed by atoms with E-state index in [1.165, 1.54) is 6.92 Å². The molecule has 0 atom stereocenters. The van der Waals surface area contributed by atoms with E-state index >= 15 is 0 Å². The molecule has 27 heavy (non-hydrogen) atoms. The largest absolute Gasteiger partial charge is 0.468 e. The van der Waals surface area contributed by atoms with Crippen LogP contribution >= 0.6 is 0 Å². The summed E-state index contributed by atoms with van der Waals surface area (Å²) in [6, 6.07) is 2.93. The van der Waals surface area contributed by atoms with E-state index in [-0.39, 0.29) is 11.3 Å². The third kappa shape index (κ3) is 5.31. The molecule has 0 radical (unpaired) electrons. The first-order valence-electron chi connectivity index (χ1n) is 7.29. The molecule has 12 heteroatoms. The molecule has 0 saturated carbocycles. The van der Waals surface area contributed by atoms with E-state index < -0.39 is 50.9 Å². The number of rotatable bonds is 5. The highest BCUT2D eigenvalue weighted by Crippen LogP contribution is 2.35. The van der Waals surface area contributed by atoms with E-state index in [2.05, 4.69) is 14.7 Å². The minimum atomic E-state index is -4.77. The van der Waals surface area contributed by atoms with Gasteiger partial charge in [0.1, 0.15) is 6.33 Å². The van der Waals surface area contributed by atoms with Gasteiger partial charge in [-0.15, -0.1) is 0 Å². The Morgan fingerprint density at radius 3 is 2.26 bits per heavy atom. The zero-order valence-electron chi connectivity index (χ0n) is 13.6. The fourth-order valence-corrected chi connectivity index (χ4v) is 3.17. The van der Waals surface area contributed by atoms with Gasteiger partial charge < -0.3 is 4.74 Å². The van der Waals surface area contributed by atoms with Gasteiger partial charge in [0.15, 0.2) is 16.4 Å². The van der Waals surface area contributed by atoms with Crippen molar-refractivity contribution in [1.29, 1.82) is 0 Å². The average molecular weight is 414 g/mol. The molecule has 5 nitrogen and oxygen atoms in total. The van der Waals surface area contributed by atoms with E-state index in [1.807, 2.05) is 0 Å². The average Bonchev–Trinajstić information content (AvgIpc) is 2.58. The molecule has 1 aromatic heterocycles. The Labute approximate surface area is 149 Å². The van der Waals surface area contributed by atoms with Crippen LogP contribution in [0.1, 0.15) is 12.5 Å². The van der Waals surface area contributed by atoms with E-state index in [4.69, 9.17) is 0 Å². The summed E-state index contributed by atoms with van der Waals surface area (Å²) in [4.78, 5) is 6.57. The lowest BCUT2D eigenvalue weighted by Crippen LogP contribution is -2.19. The van der Waals surface area contributed by atoms with Gasteiger partial charge in [0.25, 0.3) is 0 Å². The van der Waals surface area contributed by atoms with Crippen molar-refractivity contribution in [3.8, 4) is 17.1 Å². The van der Waals surface area contributed by atoms with Crippen molar-refractivity contribution in [3.05, 3.63) is 36.2 Å². The van der Waals surface area contributed by atoms with Crippen LogP contribution in [-0.2, 0) is 16.0 Å². The molecule has 0 N–H and O–H groups in total. The Kier molecular flexibility index (Phi) is 5.68. The Balaban J connectivity index is 2.55. The van der Waals surface area contributed by atoms with Crippen molar-refractivity contribution in [2.45, 2.75) is 24.2 Å². The van der Waals surface area contributed by atoms with Crippen LogP contribution in [0.3, 0.4) is 0 Å². The first kappa shape index (κ1) is 20.9. The highest BCUT2D eigenvalue weighted by atomic mass is 32.2. The lowest BCUT2D eigenvalue weighted by atomic mass is 10.1. The molecule has 1 aromatic carbocycles. The van der Waals surface area contributed by atoms with Crippen LogP contribution in [0.15, 0.2) is 35.5 Å². The summed E-state index contributed by atoms with van der Waals surface area (Å²) in [6.45, 7) is -0.395. The molecule has 2 aromatic rings. The van der Waals surface area contributed by atoms with Gasteiger partial charge in [-0.25, -0.2) is 18.4 Å². The minimum absolute atomic E-state index is 0.192. The number of hydrogen-bond donors (Lipinski definition) is 0. The van der Waals surface area contributed by atoms with Gasteiger partial charge in [0.2, 0.25) is 5.88 Å². The molecule has 0 bridgehead atoms. The second-order valence-corrected chi connectivity index (χ2v) is 7.50. The van der Waals surface area contributed by atoms with E-state index in [0.717, 1.165) is 18.5 Å².